The lowest BCUT2D eigenvalue weighted by Crippen LogP contribution is -2.31. The highest BCUT2D eigenvalue weighted by molar-refractivity contribution is 5.89. The lowest BCUT2D eigenvalue weighted by Gasteiger charge is -2.27. The number of aromatic nitrogens is 4. The molecule has 1 aromatic carbocycles. The van der Waals surface area contributed by atoms with Crippen molar-refractivity contribution in [1.29, 1.82) is 0 Å². The van der Waals surface area contributed by atoms with E-state index in [4.69, 9.17) is 0 Å². The fourth-order valence-electron chi connectivity index (χ4n) is 3.37. The lowest BCUT2D eigenvalue weighted by atomic mass is 10.1. The van der Waals surface area contributed by atoms with Gasteiger partial charge >= 0.3 is 0 Å². The van der Waals surface area contributed by atoms with Crippen LogP contribution < -0.4 is 15.8 Å². The van der Waals surface area contributed by atoms with E-state index in [2.05, 4.69) is 25.3 Å². The Labute approximate surface area is 172 Å². The van der Waals surface area contributed by atoms with Crippen LogP contribution in [0.25, 0.3) is 11.3 Å². The molecule has 1 aliphatic rings. The Hall–Kier alpha value is -3.62. The van der Waals surface area contributed by atoms with Gasteiger partial charge in [-0.05, 0) is 49.6 Å². The summed E-state index contributed by atoms with van der Waals surface area (Å²) in [5.74, 6) is 0.358. The van der Waals surface area contributed by atoms with Gasteiger partial charge < -0.3 is 10.2 Å². The summed E-state index contributed by atoms with van der Waals surface area (Å²) < 4.78 is 14.2. The van der Waals surface area contributed by atoms with Crippen molar-refractivity contribution < 1.29 is 9.18 Å². The Balaban J connectivity index is 1.47. The van der Waals surface area contributed by atoms with Crippen molar-refractivity contribution in [2.45, 2.75) is 25.8 Å². The molecule has 0 bridgehead atoms. The molecule has 3 aromatic rings. The number of carbonyl (C=O) groups is 1. The summed E-state index contributed by atoms with van der Waals surface area (Å²) in [5.41, 5.74) is 0.706. The van der Waals surface area contributed by atoms with Crippen LogP contribution in [0.15, 0.2) is 53.6 Å². The number of nitrogens with one attached hydrogen (secondary N) is 1. The molecule has 0 radical (unpaired) electrons. The summed E-state index contributed by atoms with van der Waals surface area (Å²) in [5, 5.41) is 6.92. The van der Waals surface area contributed by atoms with Crippen LogP contribution in [0.1, 0.15) is 19.3 Å². The predicted molar refractivity (Wildman–Crippen MR) is 111 cm³/mol. The van der Waals surface area contributed by atoms with E-state index in [1.807, 2.05) is 0 Å². The van der Waals surface area contributed by atoms with Gasteiger partial charge in [0, 0.05) is 30.8 Å². The van der Waals surface area contributed by atoms with E-state index < -0.39 is 11.5 Å². The van der Waals surface area contributed by atoms with Crippen molar-refractivity contribution in [2.24, 2.45) is 0 Å². The van der Waals surface area contributed by atoms with E-state index in [9.17, 15) is 14.0 Å². The number of amides is 1. The molecule has 1 aliphatic heterocycles. The average Bonchev–Trinajstić information content (AvgIpc) is 2.77. The monoisotopic (exact) mass is 408 g/mol. The topological polar surface area (TPSA) is 93.0 Å². The molecule has 1 amide bonds. The largest absolute Gasteiger partial charge is 0.356 e. The van der Waals surface area contributed by atoms with Gasteiger partial charge in [0.15, 0.2) is 0 Å². The number of hydrogen-bond acceptors (Lipinski definition) is 6. The molecule has 8 nitrogen and oxygen atoms in total. The molecule has 0 saturated carbocycles. The fourth-order valence-corrected chi connectivity index (χ4v) is 3.37. The van der Waals surface area contributed by atoms with Crippen LogP contribution >= 0.6 is 0 Å². The normalized spacial score (nSPS) is 13.8. The van der Waals surface area contributed by atoms with E-state index in [0.29, 0.717) is 17.1 Å². The van der Waals surface area contributed by atoms with Crippen LogP contribution in [0.5, 0.6) is 0 Å². The molecular formula is C21H21FN6O2. The van der Waals surface area contributed by atoms with Crippen molar-refractivity contribution in [2.75, 3.05) is 23.3 Å². The van der Waals surface area contributed by atoms with E-state index in [0.717, 1.165) is 36.4 Å². The maximum absolute atomic E-state index is 13.1. The Morgan fingerprint density at radius 2 is 1.80 bits per heavy atom. The second-order valence-corrected chi connectivity index (χ2v) is 7.08. The second kappa shape index (κ2) is 8.81. The minimum Gasteiger partial charge on any atom is -0.356 e. The zero-order valence-electron chi connectivity index (χ0n) is 16.3. The summed E-state index contributed by atoms with van der Waals surface area (Å²) in [6.45, 7) is 1.59. The first kappa shape index (κ1) is 19.7. The van der Waals surface area contributed by atoms with Gasteiger partial charge in [-0.25, -0.2) is 19.0 Å². The van der Waals surface area contributed by atoms with Crippen LogP contribution in [-0.4, -0.2) is 38.7 Å². The molecule has 0 aliphatic carbocycles. The molecule has 0 spiro atoms. The second-order valence-electron chi connectivity index (χ2n) is 7.08. The number of piperidine rings is 1. The maximum Gasteiger partial charge on any atom is 0.267 e. The average molecular weight is 408 g/mol. The number of hydrogen-bond donors (Lipinski definition) is 1. The fraction of sp³-hybridized carbons (Fsp3) is 0.286. The third kappa shape index (κ3) is 4.68. The Bertz CT molecular complexity index is 1090. The summed E-state index contributed by atoms with van der Waals surface area (Å²) >= 11 is 0. The number of nitrogens with zero attached hydrogens (tertiary/aromatic N) is 5. The van der Waals surface area contributed by atoms with E-state index >= 15 is 0 Å². The SMILES string of the molecule is O=C(Cn1nc(-c2ccc(F)cc2)ccc1=O)Nc1cc(N2CCCCC2)ncn1. The summed E-state index contributed by atoms with van der Waals surface area (Å²) in [6.07, 6.45) is 4.86. The number of benzene rings is 1. The summed E-state index contributed by atoms with van der Waals surface area (Å²) in [6, 6.07) is 10.4. The molecular weight excluding hydrogens is 387 g/mol. The summed E-state index contributed by atoms with van der Waals surface area (Å²) in [4.78, 5) is 35.2. The quantitative estimate of drug-likeness (QED) is 0.697. The Kier molecular flexibility index (Phi) is 5.78. The molecule has 0 atom stereocenters. The minimum absolute atomic E-state index is 0.267. The molecule has 1 saturated heterocycles. The Morgan fingerprint density at radius 1 is 1.03 bits per heavy atom. The van der Waals surface area contributed by atoms with Crippen molar-refractivity contribution in [3.05, 3.63) is 65.0 Å². The lowest BCUT2D eigenvalue weighted by molar-refractivity contribution is -0.117. The highest BCUT2D eigenvalue weighted by Crippen LogP contribution is 2.19. The van der Waals surface area contributed by atoms with Crippen molar-refractivity contribution in [3.63, 3.8) is 0 Å². The van der Waals surface area contributed by atoms with Crippen molar-refractivity contribution >= 4 is 17.5 Å². The third-order valence-electron chi connectivity index (χ3n) is 4.90. The molecule has 1 fully saturated rings. The highest BCUT2D eigenvalue weighted by Gasteiger charge is 2.14. The summed E-state index contributed by atoms with van der Waals surface area (Å²) in [7, 11) is 0. The molecule has 2 aromatic heterocycles. The van der Waals surface area contributed by atoms with Gasteiger partial charge in [0.25, 0.3) is 5.56 Å². The number of anilines is 2. The van der Waals surface area contributed by atoms with Crippen LogP contribution in [-0.2, 0) is 11.3 Å². The van der Waals surface area contributed by atoms with Gasteiger partial charge in [0.2, 0.25) is 5.91 Å². The van der Waals surface area contributed by atoms with E-state index in [1.54, 1.807) is 24.3 Å². The predicted octanol–water partition coefficient (Wildman–Crippen LogP) is 2.47. The third-order valence-corrected chi connectivity index (χ3v) is 4.90. The smallest absolute Gasteiger partial charge is 0.267 e. The van der Waals surface area contributed by atoms with Gasteiger partial charge in [-0.2, -0.15) is 5.10 Å². The van der Waals surface area contributed by atoms with Gasteiger partial charge in [0.1, 0.15) is 30.3 Å². The Morgan fingerprint density at radius 3 is 2.57 bits per heavy atom. The molecule has 9 heteroatoms. The zero-order chi connectivity index (χ0) is 20.9. The zero-order valence-corrected chi connectivity index (χ0v) is 16.3. The van der Waals surface area contributed by atoms with Crippen LogP contribution in [0.4, 0.5) is 16.0 Å². The molecule has 1 N–H and O–H groups in total. The maximum atomic E-state index is 13.1. The number of rotatable bonds is 5. The molecule has 3 heterocycles. The minimum atomic E-state index is -0.427. The number of carbonyl (C=O) groups excluding carboxylic acids is 1. The standard InChI is InChI=1S/C21H21FN6O2/c22-16-6-4-15(5-7-16)17-8-9-21(30)28(26-17)13-20(29)25-18-12-19(24-14-23-18)27-10-2-1-3-11-27/h4-9,12,14H,1-3,10-11,13H2,(H,23,24,25,29). The van der Waals surface area contributed by atoms with Crippen molar-refractivity contribution in [3.8, 4) is 11.3 Å². The van der Waals surface area contributed by atoms with Crippen LogP contribution in [0.2, 0.25) is 0 Å². The molecule has 30 heavy (non-hydrogen) atoms. The van der Waals surface area contributed by atoms with Gasteiger partial charge in [-0.1, -0.05) is 0 Å². The van der Waals surface area contributed by atoms with Crippen molar-refractivity contribution in [1.82, 2.24) is 19.7 Å². The van der Waals surface area contributed by atoms with Gasteiger partial charge in [0.05, 0.1) is 5.69 Å². The van der Waals surface area contributed by atoms with Crippen LogP contribution in [0, 0.1) is 5.82 Å². The molecule has 0 unspecified atom stereocenters. The van der Waals surface area contributed by atoms with E-state index in [-0.39, 0.29) is 12.4 Å². The van der Waals surface area contributed by atoms with Crippen LogP contribution in [0.3, 0.4) is 0 Å². The number of halogens is 1. The van der Waals surface area contributed by atoms with Gasteiger partial charge in [-0.15, -0.1) is 0 Å². The van der Waals surface area contributed by atoms with Gasteiger partial charge in [-0.3, -0.25) is 9.59 Å². The molecule has 154 valence electrons. The highest BCUT2D eigenvalue weighted by atomic mass is 19.1. The van der Waals surface area contributed by atoms with E-state index in [1.165, 1.54) is 30.9 Å². The first-order chi connectivity index (χ1) is 14.6. The first-order valence-electron chi connectivity index (χ1n) is 9.79. The first-order valence-corrected chi connectivity index (χ1v) is 9.79. The molecule has 4 rings (SSSR count).